The van der Waals surface area contributed by atoms with E-state index < -0.39 is 11.0 Å². The third-order valence-electron chi connectivity index (χ3n) is 2.39. The van der Waals surface area contributed by atoms with E-state index in [0.717, 1.165) is 0 Å². The minimum atomic E-state index is -0.887. The van der Waals surface area contributed by atoms with Crippen LogP contribution in [0.25, 0.3) is 0 Å². The number of aliphatic hydroxyl groups is 1. The highest BCUT2D eigenvalue weighted by molar-refractivity contribution is 9.10. The second-order valence-corrected chi connectivity index (χ2v) is 4.80. The monoisotopic (exact) mass is 328 g/mol. The van der Waals surface area contributed by atoms with E-state index in [1.54, 1.807) is 6.07 Å². The number of hydrogen-bond donors (Lipinski definition) is 1. The molecule has 0 radical (unpaired) electrons. The van der Waals surface area contributed by atoms with Crippen LogP contribution in [0.4, 0.5) is 5.69 Å². The Hall–Kier alpha value is -1.65. The van der Waals surface area contributed by atoms with Crippen LogP contribution >= 0.6 is 15.9 Å². The van der Waals surface area contributed by atoms with Crippen LogP contribution in [0.3, 0.4) is 0 Å². The molecule has 0 spiro atoms. The lowest BCUT2D eigenvalue weighted by Gasteiger charge is -2.13. The largest absolute Gasteiger partial charge is 0.487 e. The third-order valence-corrected chi connectivity index (χ3v) is 2.85. The van der Waals surface area contributed by atoms with Crippen LogP contribution in [0.5, 0.6) is 5.75 Å². The van der Waals surface area contributed by atoms with Crippen molar-refractivity contribution in [2.75, 3.05) is 6.61 Å². The molecule has 6 nitrogen and oxygen atoms in total. The second kappa shape index (κ2) is 7.07. The predicted octanol–water partition coefficient (Wildman–Crippen LogP) is 3.09. The average molecular weight is 329 g/mol. The minimum absolute atomic E-state index is 0.0566. The highest BCUT2D eigenvalue weighted by atomic mass is 79.9. The fourth-order valence-corrected chi connectivity index (χ4v) is 1.99. The molecule has 0 aliphatic carbocycles. The van der Waals surface area contributed by atoms with Gasteiger partial charge in [-0.15, -0.1) is 0 Å². The first kappa shape index (κ1) is 15.4. The van der Waals surface area contributed by atoms with Gasteiger partial charge in [0.2, 0.25) is 5.75 Å². The van der Waals surface area contributed by atoms with E-state index in [0.29, 0.717) is 22.9 Å². The minimum Gasteiger partial charge on any atom is -0.487 e. The normalized spacial score (nSPS) is 11.7. The Kier molecular flexibility index (Phi) is 5.73. The van der Waals surface area contributed by atoms with Crippen molar-refractivity contribution in [2.24, 2.45) is 0 Å². The van der Waals surface area contributed by atoms with E-state index in [4.69, 9.17) is 10.00 Å². The zero-order valence-electron chi connectivity index (χ0n) is 10.3. The summed E-state index contributed by atoms with van der Waals surface area (Å²) in [5.74, 6) is 0.0566. The Morgan fingerprint density at radius 2 is 2.32 bits per heavy atom. The lowest BCUT2D eigenvalue weighted by Crippen LogP contribution is -2.05. The molecule has 0 aliphatic heterocycles. The summed E-state index contributed by atoms with van der Waals surface area (Å²) < 4.78 is 5.87. The highest BCUT2D eigenvalue weighted by Crippen LogP contribution is 2.37. The molecule has 0 bridgehead atoms. The molecule has 0 heterocycles. The van der Waals surface area contributed by atoms with Crippen molar-refractivity contribution in [2.45, 2.75) is 25.9 Å². The molecule has 0 saturated carbocycles. The van der Waals surface area contributed by atoms with Crippen LogP contribution in [0.1, 0.15) is 31.4 Å². The number of nitrogens with zero attached hydrogens (tertiary/aromatic N) is 2. The lowest BCUT2D eigenvalue weighted by atomic mass is 10.1. The summed E-state index contributed by atoms with van der Waals surface area (Å²) in [6.07, 6.45) is -0.0979. The van der Waals surface area contributed by atoms with E-state index in [2.05, 4.69) is 15.9 Å². The Labute approximate surface area is 118 Å². The number of benzene rings is 1. The first-order valence-electron chi connectivity index (χ1n) is 5.63. The molecule has 0 aliphatic rings. The van der Waals surface area contributed by atoms with Gasteiger partial charge in [0, 0.05) is 22.5 Å². The molecule has 0 aromatic heterocycles. The maximum Gasteiger partial charge on any atom is 0.312 e. The Bertz CT molecular complexity index is 511. The summed E-state index contributed by atoms with van der Waals surface area (Å²) in [5.41, 5.74) is 0.139. The molecule has 0 unspecified atom stereocenters. The molecule has 1 aromatic rings. The summed E-state index contributed by atoms with van der Waals surface area (Å²) in [5, 5.41) is 29.1. The molecule has 1 atom stereocenters. The van der Waals surface area contributed by atoms with E-state index in [-0.39, 0.29) is 18.0 Å². The van der Waals surface area contributed by atoms with Crippen molar-refractivity contribution in [1.29, 1.82) is 5.26 Å². The van der Waals surface area contributed by atoms with Crippen molar-refractivity contribution in [3.05, 3.63) is 32.3 Å². The van der Waals surface area contributed by atoms with Gasteiger partial charge in [0.05, 0.1) is 23.7 Å². The van der Waals surface area contributed by atoms with Gasteiger partial charge in [-0.05, 0) is 19.4 Å². The van der Waals surface area contributed by atoms with E-state index in [1.165, 1.54) is 13.0 Å². The molecule has 19 heavy (non-hydrogen) atoms. The maximum atomic E-state index is 11.0. The summed E-state index contributed by atoms with van der Waals surface area (Å²) in [6.45, 7) is 1.70. The van der Waals surface area contributed by atoms with Crippen molar-refractivity contribution < 1.29 is 14.8 Å². The van der Waals surface area contributed by atoms with Crippen molar-refractivity contribution in [3.8, 4) is 11.8 Å². The maximum absolute atomic E-state index is 11.0. The smallest absolute Gasteiger partial charge is 0.312 e. The van der Waals surface area contributed by atoms with Crippen molar-refractivity contribution >= 4 is 21.6 Å². The average Bonchev–Trinajstić information content (AvgIpc) is 2.34. The summed E-state index contributed by atoms with van der Waals surface area (Å²) in [7, 11) is 0. The van der Waals surface area contributed by atoms with Gasteiger partial charge in [-0.1, -0.05) is 15.9 Å². The SMILES string of the molecule is C[C@H](O)c1cc(Br)cc([N+](=O)[O-])c1OCCCC#N. The van der Waals surface area contributed by atoms with Gasteiger partial charge in [0.25, 0.3) is 0 Å². The van der Waals surface area contributed by atoms with Gasteiger partial charge in [0.1, 0.15) is 0 Å². The van der Waals surface area contributed by atoms with Gasteiger partial charge >= 0.3 is 5.69 Å². The number of rotatable bonds is 6. The van der Waals surface area contributed by atoms with Gasteiger partial charge in [-0.25, -0.2) is 0 Å². The van der Waals surface area contributed by atoms with Crippen LogP contribution in [-0.4, -0.2) is 16.6 Å². The molecule has 0 fully saturated rings. The van der Waals surface area contributed by atoms with Crippen LogP contribution in [-0.2, 0) is 0 Å². The molecule has 7 heteroatoms. The number of nitro benzene ring substituents is 1. The van der Waals surface area contributed by atoms with Crippen molar-refractivity contribution in [1.82, 2.24) is 0 Å². The van der Waals surface area contributed by atoms with Gasteiger partial charge in [-0.2, -0.15) is 5.26 Å². The molecule has 0 saturated heterocycles. The molecular weight excluding hydrogens is 316 g/mol. The fourth-order valence-electron chi connectivity index (χ4n) is 1.53. The van der Waals surface area contributed by atoms with Crippen LogP contribution in [0.15, 0.2) is 16.6 Å². The molecule has 0 amide bonds. The quantitative estimate of drug-likeness (QED) is 0.491. The zero-order valence-corrected chi connectivity index (χ0v) is 11.9. The summed E-state index contributed by atoms with van der Waals surface area (Å²) >= 11 is 3.16. The van der Waals surface area contributed by atoms with Crippen LogP contribution in [0, 0.1) is 21.4 Å². The summed E-state index contributed by atoms with van der Waals surface area (Å²) in [4.78, 5) is 10.4. The number of aliphatic hydroxyl groups excluding tert-OH is 1. The van der Waals surface area contributed by atoms with Gasteiger partial charge in [-0.3, -0.25) is 10.1 Å². The van der Waals surface area contributed by atoms with Crippen LogP contribution < -0.4 is 4.74 Å². The Morgan fingerprint density at radius 1 is 1.63 bits per heavy atom. The number of unbranched alkanes of at least 4 members (excludes halogenated alkanes) is 1. The van der Waals surface area contributed by atoms with Crippen LogP contribution in [0.2, 0.25) is 0 Å². The Morgan fingerprint density at radius 3 is 2.84 bits per heavy atom. The fraction of sp³-hybridized carbons (Fsp3) is 0.417. The lowest BCUT2D eigenvalue weighted by molar-refractivity contribution is -0.386. The number of ether oxygens (including phenoxy) is 1. The summed E-state index contributed by atoms with van der Waals surface area (Å²) in [6, 6.07) is 4.87. The second-order valence-electron chi connectivity index (χ2n) is 3.89. The highest BCUT2D eigenvalue weighted by Gasteiger charge is 2.23. The zero-order chi connectivity index (χ0) is 14.4. The number of halogens is 1. The number of nitro groups is 1. The van der Waals surface area contributed by atoms with E-state index in [9.17, 15) is 15.2 Å². The van der Waals surface area contributed by atoms with Gasteiger partial charge in [0.15, 0.2) is 0 Å². The first-order valence-corrected chi connectivity index (χ1v) is 6.42. The number of hydrogen-bond acceptors (Lipinski definition) is 5. The van der Waals surface area contributed by atoms with Crippen molar-refractivity contribution in [3.63, 3.8) is 0 Å². The molecule has 1 N–H and O–H groups in total. The van der Waals surface area contributed by atoms with E-state index in [1.807, 2.05) is 6.07 Å². The molecule has 1 rings (SSSR count). The first-order chi connectivity index (χ1) is 8.97. The van der Waals surface area contributed by atoms with Gasteiger partial charge < -0.3 is 9.84 Å². The predicted molar refractivity (Wildman–Crippen MR) is 71.8 cm³/mol. The Balaban J connectivity index is 3.09. The standard InChI is InChI=1S/C12H13BrN2O4/c1-8(16)10-6-9(13)7-11(15(17)18)12(10)19-5-3-2-4-14/h6-8,16H,2-3,5H2,1H3/t8-/m0/s1. The molecule has 1 aromatic carbocycles. The number of nitriles is 1. The van der Waals surface area contributed by atoms with E-state index >= 15 is 0 Å². The molecular formula is C12H13BrN2O4. The topological polar surface area (TPSA) is 96.4 Å². The molecule has 102 valence electrons. The third kappa shape index (κ3) is 4.19.